The van der Waals surface area contributed by atoms with Gasteiger partial charge < -0.3 is 13.7 Å². The average Bonchev–Trinajstić information content (AvgIpc) is 3.89. The molecule has 0 N–H and O–H groups in total. The van der Waals surface area contributed by atoms with Gasteiger partial charge in [0.2, 0.25) is 0 Å². The zero-order chi connectivity index (χ0) is 38.9. The smallest absolute Gasteiger partial charge is 0.143 e. The van der Waals surface area contributed by atoms with Gasteiger partial charge in [-0.05, 0) is 104 Å². The Labute approximate surface area is 340 Å². The van der Waals surface area contributed by atoms with Crippen LogP contribution in [0.2, 0.25) is 0 Å². The SMILES string of the molecule is c1ccc(-c2cccc3cccc(-c4cccc(N(c5ccc(-c6cccc7oc8ccccc8c67)cc5)c5cccc6oc7c8ccccc8ccc7c56)c4)c23)cc1. The van der Waals surface area contributed by atoms with E-state index in [0.29, 0.717) is 0 Å². The molecule has 2 aromatic heterocycles. The van der Waals surface area contributed by atoms with Gasteiger partial charge in [-0.1, -0.05) is 158 Å². The van der Waals surface area contributed by atoms with Gasteiger partial charge in [-0.15, -0.1) is 0 Å². The lowest BCUT2D eigenvalue weighted by Gasteiger charge is -2.27. The fourth-order valence-electron chi connectivity index (χ4n) is 9.21. The van der Waals surface area contributed by atoms with E-state index in [4.69, 9.17) is 8.83 Å². The van der Waals surface area contributed by atoms with Gasteiger partial charge in [0.25, 0.3) is 0 Å². The summed E-state index contributed by atoms with van der Waals surface area (Å²) in [5.41, 5.74) is 13.7. The zero-order valence-electron chi connectivity index (χ0n) is 32.0. The molecule has 0 aliphatic carbocycles. The highest BCUT2D eigenvalue weighted by Crippen LogP contribution is 2.46. The number of para-hydroxylation sites is 1. The number of hydrogen-bond acceptors (Lipinski definition) is 3. The van der Waals surface area contributed by atoms with Crippen LogP contribution in [0.25, 0.3) is 98.8 Å². The Hall–Kier alpha value is -7.88. The number of nitrogens with zero attached hydrogens (tertiary/aromatic N) is 1. The molecule has 2 heterocycles. The minimum absolute atomic E-state index is 0.853. The molecule has 12 rings (SSSR count). The summed E-state index contributed by atoms with van der Waals surface area (Å²) in [6, 6.07) is 75.7. The van der Waals surface area contributed by atoms with Gasteiger partial charge in [0.05, 0.1) is 11.1 Å². The molecule has 0 fully saturated rings. The molecular formula is C56H35NO2. The van der Waals surface area contributed by atoms with E-state index in [1.165, 1.54) is 27.5 Å². The lowest BCUT2D eigenvalue weighted by molar-refractivity contribution is 0.669. The Bertz CT molecular complexity index is 3550. The van der Waals surface area contributed by atoms with Gasteiger partial charge in [-0.2, -0.15) is 0 Å². The second-order valence-corrected chi connectivity index (χ2v) is 15.2. The van der Waals surface area contributed by atoms with Crippen LogP contribution in [0, 0.1) is 0 Å². The Kier molecular flexibility index (Phi) is 7.54. The van der Waals surface area contributed by atoms with Crippen LogP contribution >= 0.6 is 0 Å². The molecule has 0 atom stereocenters. The van der Waals surface area contributed by atoms with E-state index < -0.39 is 0 Å². The standard InChI is InChI=1S/C56H35NO2/c1-2-13-36(14-3-1)43-22-9-16-39-17-10-23-45(53(39)43)40-18-8-19-42(35-40)57(49-25-12-28-52-55(49)48-34-31-37-15-4-5-20-46(37)56(48)59-52)41-32-29-38(30-33-41)44-24-11-27-51-54(44)47-21-6-7-26-50(47)58-51/h1-35H. The van der Waals surface area contributed by atoms with Crippen LogP contribution in [0.5, 0.6) is 0 Å². The van der Waals surface area contributed by atoms with Crippen LogP contribution in [-0.2, 0) is 0 Å². The van der Waals surface area contributed by atoms with Crippen molar-refractivity contribution in [2.24, 2.45) is 0 Å². The van der Waals surface area contributed by atoms with Crippen molar-refractivity contribution in [3.63, 3.8) is 0 Å². The largest absolute Gasteiger partial charge is 0.456 e. The summed E-state index contributed by atoms with van der Waals surface area (Å²) < 4.78 is 13.0. The molecule has 0 saturated heterocycles. The molecule has 0 amide bonds. The number of anilines is 3. The van der Waals surface area contributed by atoms with Crippen molar-refractivity contribution in [2.45, 2.75) is 0 Å². The molecule has 0 unspecified atom stereocenters. The van der Waals surface area contributed by atoms with E-state index in [1.54, 1.807) is 0 Å². The van der Waals surface area contributed by atoms with Crippen molar-refractivity contribution in [1.29, 1.82) is 0 Å². The van der Waals surface area contributed by atoms with E-state index in [9.17, 15) is 0 Å². The zero-order valence-corrected chi connectivity index (χ0v) is 32.0. The topological polar surface area (TPSA) is 29.5 Å². The summed E-state index contributed by atoms with van der Waals surface area (Å²) in [6.45, 7) is 0. The van der Waals surface area contributed by atoms with Crippen molar-refractivity contribution in [2.75, 3.05) is 4.90 Å². The lowest BCUT2D eigenvalue weighted by atomic mass is 9.91. The highest BCUT2D eigenvalue weighted by Gasteiger charge is 2.22. The minimum atomic E-state index is 0.853. The monoisotopic (exact) mass is 753 g/mol. The fraction of sp³-hybridized carbons (Fsp3) is 0. The predicted molar refractivity (Wildman–Crippen MR) is 247 cm³/mol. The Balaban J connectivity index is 1.07. The number of hydrogen-bond donors (Lipinski definition) is 0. The second-order valence-electron chi connectivity index (χ2n) is 15.2. The molecule has 3 heteroatoms. The highest BCUT2D eigenvalue weighted by atomic mass is 16.3. The maximum absolute atomic E-state index is 6.73. The maximum atomic E-state index is 6.73. The first kappa shape index (κ1) is 33.3. The third kappa shape index (κ3) is 5.36. The third-order valence-electron chi connectivity index (χ3n) is 11.8. The van der Waals surface area contributed by atoms with Crippen molar-refractivity contribution in [1.82, 2.24) is 0 Å². The first-order valence-electron chi connectivity index (χ1n) is 20.1. The molecule has 3 nitrogen and oxygen atoms in total. The molecule has 0 bridgehead atoms. The van der Waals surface area contributed by atoms with Gasteiger partial charge in [0.1, 0.15) is 22.3 Å². The van der Waals surface area contributed by atoms with Gasteiger partial charge in [-0.25, -0.2) is 0 Å². The maximum Gasteiger partial charge on any atom is 0.143 e. The van der Waals surface area contributed by atoms with Crippen molar-refractivity contribution in [3.8, 4) is 33.4 Å². The van der Waals surface area contributed by atoms with Gasteiger partial charge in [-0.3, -0.25) is 0 Å². The van der Waals surface area contributed by atoms with Crippen molar-refractivity contribution in [3.05, 3.63) is 212 Å². The molecule has 0 radical (unpaired) electrons. The van der Waals surface area contributed by atoms with Crippen molar-refractivity contribution >= 4 is 82.5 Å². The molecule has 10 aromatic carbocycles. The van der Waals surface area contributed by atoms with E-state index >= 15 is 0 Å². The molecule has 276 valence electrons. The number of benzene rings is 10. The molecule has 59 heavy (non-hydrogen) atoms. The van der Waals surface area contributed by atoms with Gasteiger partial charge in [0, 0.05) is 32.9 Å². The normalized spacial score (nSPS) is 11.7. The first-order chi connectivity index (χ1) is 29.3. The lowest BCUT2D eigenvalue weighted by Crippen LogP contribution is -2.10. The predicted octanol–water partition coefficient (Wildman–Crippen LogP) is 16.3. The van der Waals surface area contributed by atoms with Crippen molar-refractivity contribution < 1.29 is 8.83 Å². The molecule has 0 aliphatic rings. The third-order valence-corrected chi connectivity index (χ3v) is 11.8. The molecule has 0 saturated carbocycles. The molecular weight excluding hydrogens is 719 g/mol. The first-order valence-corrected chi connectivity index (χ1v) is 20.1. The average molecular weight is 754 g/mol. The van der Waals surface area contributed by atoms with Gasteiger partial charge in [0.15, 0.2) is 0 Å². The minimum Gasteiger partial charge on any atom is -0.456 e. The van der Waals surface area contributed by atoms with Crippen LogP contribution in [0.1, 0.15) is 0 Å². The summed E-state index contributed by atoms with van der Waals surface area (Å²) >= 11 is 0. The van der Waals surface area contributed by atoms with E-state index in [2.05, 4.69) is 205 Å². The number of furan rings is 2. The van der Waals surface area contributed by atoms with Crippen LogP contribution in [0.4, 0.5) is 17.1 Å². The van der Waals surface area contributed by atoms with E-state index in [-0.39, 0.29) is 0 Å². The Morgan fingerprint density at radius 1 is 0.305 bits per heavy atom. The Morgan fingerprint density at radius 3 is 1.73 bits per heavy atom. The summed E-state index contributed by atoms with van der Waals surface area (Å²) in [6.07, 6.45) is 0. The molecule has 0 aliphatic heterocycles. The number of rotatable bonds is 6. The summed E-state index contributed by atoms with van der Waals surface area (Å²) in [4.78, 5) is 2.39. The molecule has 12 aromatic rings. The second kappa shape index (κ2) is 13.4. The van der Waals surface area contributed by atoms with Crippen LogP contribution in [-0.4, -0.2) is 0 Å². The molecule has 0 spiro atoms. The van der Waals surface area contributed by atoms with E-state index in [0.717, 1.165) is 88.4 Å². The van der Waals surface area contributed by atoms with E-state index in [1.807, 2.05) is 12.1 Å². The summed E-state index contributed by atoms with van der Waals surface area (Å²) in [5, 5.41) is 9.14. The van der Waals surface area contributed by atoms with Crippen LogP contribution in [0.15, 0.2) is 221 Å². The summed E-state index contributed by atoms with van der Waals surface area (Å²) in [7, 11) is 0. The fourth-order valence-corrected chi connectivity index (χ4v) is 9.21. The number of fused-ring (bicyclic) bond motifs is 9. The Morgan fingerprint density at radius 2 is 0.898 bits per heavy atom. The van der Waals surface area contributed by atoms with Crippen LogP contribution < -0.4 is 4.90 Å². The quantitative estimate of drug-likeness (QED) is 0.169. The summed E-state index contributed by atoms with van der Waals surface area (Å²) in [5.74, 6) is 0. The van der Waals surface area contributed by atoms with Gasteiger partial charge >= 0.3 is 0 Å². The highest BCUT2D eigenvalue weighted by molar-refractivity contribution is 6.20. The van der Waals surface area contributed by atoms with Crippen LogP contribution in [0.3, 0.4) is 0 Å².